The summed E-state index contributed by atoms with van der Waals surface area (Å²) in [5, 5.41) is 13.4. The number of nitrogens with zero attached hydrogens (tertiary/aromatic N) is 2. The predicted molar refractivity (Wildman–Crippen MR) is 94.8 cm³/mol. The first-order valence-corrected chi connectivity index (χ1v) is 9.01. The van der Waals surface area contributed by atoms with Crippen LogP contribution in [-0.4, -0.2) is 38.3 Å². The van der Waals surface area contributed by atoms with Crippen LogP contribution in [0.2, 0.25) is 0 Å². The van der Waals surface area contributed by atoms with E-state index in [1.54, 1.807) is 6.92 Å². The van der Waals surface area contributed by atoms with E-state index in [4.69, 9.17) is 4.74 Å². The van der Waals surface area contributed by atoms with Crippen molar-refractivity contribution < 1.29 is 22.5 Å². The van der Waals surface area contributed by atoms with Gasteiger partial charge in [0.05, 0.1) is 23.3 Å². The molecular weight excluding hydrogens is 365 g/mol. The second-order valence-electron chi connectivity index (χ2n) is 5.43. The minimum absolute atomic E-state index is 0.0204. The van der Waals surface area contributed by atoms with E-state index in [2.05, 4.69) is 5.32 Å². The highest BCUT2D eigenvalue weighted by molar-refractivity contribution is 7.89. The summed E-state index contributed by atoms with van der Waals surface area (Å²) in [5.74, 6) is -0.652. The van der Waals surface area contributed by atoms with E-state index in [0.29, 0.717) is 5.69 Å². The molecule has 0 atom stereocenters. The number of ether oxygens (including phenoxy) is 1. The lowest BCUT2D eigenvalue weighted by Crippen LogP contribution is -2.23. The Morgan fingerprint density at radius 2 is 1.92 bits per heavy atom. The second-order valence-corrected chi connectivity index (χ2v) is 7.55. The minimum Gasteiger partial charge on any atom is -0.492 e. The van der Waals surface area contributed by atoms with Crippen LogP contribution >= 0.6 is 0 Å². The fourth-order valence-corrected chi connectivity index (χ4v) is 3.18. The lowest BCUT2D eigenvalue weighted by molar-refractivity contribution is -0.385. The van der Waals surface area contributed by atoms with Crippen molar-refractivity contribution in [2.45, 2.75) is 11.8 Å². The van der Waals surface area contributed by atoms with Crippen LogP contribution < -0.4 is 10.1 Å². The van der Waals surface area contributed by atoms with Crippen molar-refractivity contribution in [3.63, 3.8) is 0 Å². The van der Waals surface area contributed by atoms with Gasteiger partial charge in [-0.05, 0) is 31.2 Å². The SMILES string of the molecule is CCOc1ccc(Nc2ccc([N+](=O)[O-])cc2F)cc1S(=O)(=O)N(C)C. The molecule has 0 aliphatic heterocycles. The van der Waals surface area contributed by atoms with E-state index in [-0.39, 0.29) is 28.6 Å². The molecular formula is C16H18FN3O5S. The summed E-state index contributed by atoms with van der Waals surface area (Å²) in [6.45, 7) is 2.00. The lowest BCUT2D eigenvalue weighted by Gasteiger charge is -2.17. The normalized spacial score (nSPS) is 11.4. The van der Waals surface area contributed by atoms with Gasteiger partial charge in [0, 0.05) is 25.8 Å². The van der Waals surface area contributed by atoms with E-state index in [1.165, 1.54) is 38.4 Å². The first-order valence-electron chi connectivity index (χ1n) is 7.57. The molecule has 26 heavy (non-hydrogen) atoms. The average Bonchev–Trinajstić information content (AvgIpc) is 2.57. The number of rotatable bonds is 7. The molecule has 0 saturated carbocycles. The van der Waals surface area contributed by atoms with Crippen LogP contribution in [0, 0.1) is 15.9 Å². The Kier molecular flexibility index (Phi) is 5.78. The van der Waals surface area contributed by atoms with E-state index >= 15 is 0 Å². The van der Waals surface area contributed by atoms with Gasteiger partial charge in [-0.2, -0.15) is 0 Å². The van der Waals surface area contributed by atoms with Crippen molar-refractivity contribution >= 4 is 27.1 Å². The highest BCUT2D eigenvalue weighted by Gasteiger charge is 2.23. The van der Waals surface area contributed by atoms with Gasteiger partial charge in [0.1, 0.15) is 10.6 Å². The monoisotopic (exact) mass is 383 g/mol. The molecule has 0 aliphatic carbocycles. The molecule has 2 rings (SSSR count). The Morgan fingerprint density at radius 3 is 2.46 bits per heavy atom. The first-order chi connectivity index (χ1) is 12.2. The quantitative estimate of drug-likeness (QED) is 0.582. The Morgan fingerprint density at radius 1 is 1.23 bits per heavy atom. The number of benzene rings is 2. The van der Waals surface area contributed by atoms with Gasteiger partial charge in [0.25, 0.3) is 5.69 Å². The maximum Gasteiger partial charge on any atom is 0.272 e. The number of anilines is 2. The molecule has 0 fully saturated rings. The first kappa shape index (κ1) is 19.6. The number of nitrogens with one attached hydrogen (secondary N) is 1. The Balaban J connectivity index is 2.44. The van der Waals surface area contributed by atoms with Crippen molar-refractivity contribution in [2.75, 3.05) is 26.0 Å². The summed E-state index contributed by atoms with van der Waals surface area (Å²) >= 11 is 0. The molecule has 140 valence electrons. The molecule has 1 N–H and O–H groups in total. The van der Waals surface area contributed by atoms with Gasteiger partial charge in [0.15, 0.2) is 5.82 Å². The molecule has 0 aliphatic rings. The van der Waals surface area contributed by atoms with Crippen LogP contribution in [0.1, 0.15) is 6.92 Å². The maximum absolute atomic E-state index is 14.0. The number of sulfonamides is 1. The highest BCUT2D eigenvalue weighted by atomic mass is 32.2. The van der Waals surface area contributed by atoms with E-state index in [1.807, 2.05) is 0 Å². The van der Waals surface area contributed by atoms with E-state index in [0.717, 1.165) is 16.4 Å². The molecule has 0 radical (unpaired) electrons. The van der Waals surface area contributed by atoms with Crippen LogP contribution in [0.3, 0.4) is 0 Å². The second kappa shape index (κ2) is 7.67. The van der Waals surface area contributed by atoms with Crippen LogP contribution in [0.25, 0.3) is 0 Å². The van der Waals surface area contributed by atoms with E-state index < -0.39 is 20.8 Å². The molecule has 10 heteroatoms. The highest BCUT2D eigenvalue weighted by Crippen LogP contribution is 2.31. The summed E-state index contributed by atoms with van der Waals surface area (Å²) in [5.41, 5.74) is -0.106. The zero-order chi connectivity index (χ0) is 19.5. The third kappa shape index (κ3) is 4.09. The summed E-state index contributed by atoms with van der Waals surface area (Å²) < 4.78 is 45.4. The molecule has 0 aromatic heterocycles. The summed E-state index contributed by atoms with van der Waals surface area (Å²) in [7, 11) is -1.01. The standard InChI is InChI=1S/C16H18FN3O5S/c1-4-25-15-8-5-11(9-16(15)26(23,24)19(2)3)18-14-7-6-12(20(21)22)10-13(14)17/h5-10,18H,4H2,1-3H3. The molecule has 0 spiro atoms. The summed E-state index contributed by atoms with van der Waals surface area (Å²) in [4.78, 5) is 9.90. The molecule has 0 amide bonds. The lowest BCUT2D eigenvalue weighted by atomic mass is 10.2. The number of hydrogen-bond donors (Lipinski definition) is 1. The molecule has 8 nitrogen and oxygen atoms in total. The van der Waals surface area contributed by atoms with Gasteiger partial charge < -0.3 is 10.1 Å². The van der Waals surface area contributed by atoms with Crippen molar-refractivity contribution in [2.24, 2.45) is 0 Å². The van der Waals surface area contributed by atoms with Gasteiger partial charge >= 0.3 is 0 Å². The van der Waals surface area contributed by atoms with Crippen LogP contribution in [0.15, 0.2) is 41.3 Å². The van der Waals surface area contributed by atoms with E-state index in [9.17, 15) is 22.9 Å². The third-order valence-corrected chi connectivity index (χ3v) is 5.28. The average molecular weight is 383 g/mol. The molecule has 0 saturated heterocycles. The number of nitro groups is 1. The number of halogens is 1. The third-order valence-electron chi connectivity index (χ3n) is 3.44. The van der Waals surface area contributed by atoms with Crippen molar-refractivity contribution in [3.8, 4) is 5.75 Å². The van der Waals surface area contributed by atoms with Gasteiger partial charge in [-0.1, -0.05) is 0 Å². The minimum atomic E-state index is -3.79. The summed E-state index contributed by atoms with van der Waals surface area (Å²) in [6.07, 6.45) is 0. The topological polar surface area (TPSA) is 102 Å². The Hall–Kier alpha value is -2.72. The molecule has 0 bridgehead atoms. The summed E-state index contributed by atoms with van der Waals surface area (Å²) in [6, 6.07) is 7.46. The van der Waals surface area contributed by atoms with Crippen LogP contribution in [0.4, 0.5) is 21.5 Å². The largest absolute Gasteiger partial charge is 0.492 e. The maximum atomic E-state index is 14.0. The smallest absolute Gasteiger partial charge is 0.272 e. The van der Waals surface area contributed by atoms with Crippen molar-refractivity contribution in [1.82, 2.24) is 4.31 Å². The number of non-ortho nitro benzene ring substituents is 1. The number of hydrogen-bond acceptors (Lipinski definition) is 6. The van der Waals surface area contributed by atoms with Gasteiger partial charge in [-0.3, -0.25) is 10.1 Å². The van der Waals surface area contributed by atoms with Gasteiger partial charge in [-0.15, -0.1) is 0 Å². The zero-order valence-electron chi connectivity index (χ0n) is 14.4. The molecule has 0 unspecified atom stereocenters. The van der Waals surface area contributed by atoms with Crippen molar-refractivity contribution in [1.29, 1.82) is 0 Å². The van der Waals surface area contributed by atoms with Crippen LogP contribution in [0.5, 0.6) is 5.75 Å². The Bertz CT molecular complexity index is 931. The van der Waals surface area contributed by atoms with Gasteiger partial charge in [-0.25, -0.2) is 17.1 Å². The molecule has 0 heterocycles. The van der Waals surface area contributed by atoms with Crippen LogP contribution in [-0.2, 0) is 10.0 Å². The predicted octanol–water partition coefficient (Wildman–Crippen LogP) is 3.13. The molecule has 2 aromatic carbocycles. The van der Waals surface area contributed by atoms with Gasteiger partial charge in [0.2, 0.25) is 10.0 Å². The zero-order valence-corrected chi connectivity index (χ0v) is 15.2. The van der Waals surface area contributed by atoms with Crippen molar-refractivity contribution in [3.05, 3.63) is 52.3 Å². The fraction of sp³-hybridized carbons (Fsp3) is 0.250. The fourth-order valence-electron chi connectivity index (χ4n) is 2.13. The molecule has 2 aromatic rings. The Labute approximate surface area is 150 Å². The number of nitro benzene ring substituents is 1.